The van der Waals surface area contributed by atoms with E-state index in [-0.39, 0.29) is 25.3 Å². The number of aliphatic carboxylic acids is 1. The Morgan fingerprint density at radius 3 is 2.16 bits per heavy atom. The lowest BCUT2D eigenvalue weighted by atomic mass is 10.0. The Bertz CT molecular complexity index is 780. The average molecular weight is 439 g/mol. The number of carboxylic acid groups (broad SMARTS) is 1. The molecule has 3 atom stereocenters. The van der Waals surface area contributed by atoms with Crippen LogP contribution < -0.4 is 27.4 Å². The van der Waals surface area contributed by atoms with Crippen molar-refractivity contribution in [3.05, 3.63) is 18.2 Å². The van der Waals surface area contributed by atoms with Gasteiger partial charge in [-0.1, -0.05) is 13.8 Å². The van der Waals surface area contributed by atoms with Crippen molar-refractivity contribution in [3.8, 4) is 0 Å². The fraction of sp³-hybridized carbons (Fsp3) is 0.556. The van der Waals surface area contributed by atoms with Gasteiger partial charge in [-0.2, -0.15) is 0 Å². The minimum atomic E-state index is -1.43. The molecule has 9 N–H and O–H groups in total. The van der Waals surface area contributed by atoms with Crippen molar-refractivity contribution in [2.24, 2.45) is 17.4 Å². The second-order valence-corrected chi connectivity index (χ2v) is 7.37. The van der Waals surface area contributed by atoms with Gasteiger partial charge in [0.2, 0.25) is 23.6 Å². The van der Waals surface area contributed by atoms with Gasteiger partial charge in [-0.15, -0.1) is 0 Å². The molecule has 0 aliphatic heterocycles. The number of nitrogens with zero attached hydrogens (tertiary/aromatic N) is 1. The number of carbonyl (C=O) groups excluding carboxylic acids is 4. The SMILES string of the molecule is CC(C)CC(NC(=O)C(CC(N)=O)NC(=O)C(Cc1cnc[nH]1)NC(=O)CN)C(=O)O. The van der Waals surface area contributed by atoms with E-state index >= 15 is 0 Å². The molecule has 3 unspecified atom stereocenters. The molecule has 0 fully saturated rings. The molecule has 13 nitrogen and oxygen atoms in total. The minimum Gasteiger partial charge on any atom is -0.480 e. The van der Waals surface area contributed by atoms with E-state index in [2.05, 4.69) is 25.9 Å². The topological polar surface area (TPSA) is 222 Å². The number of carbonyl (C=O) groups is 5. The maximum atomic E-state index is 12.8. The Kier molecular flexibility index (Phi) is 10.1. The van der Waals surface area contributed by atoms with Gasteiger partial charge in [0.1, 0.15) is 18.1 Å². The summed E-state index contributed by atoms with van der Waals surface area (Å²) in [6, 6.07) is -3.78. The van der Waals surface area contributed by atoms with Crippen molar-refractivity contribution in [2.75, 3.05) is 6.54 Å². The van der Waals surface area contributed by atoms with E-state index in [4.69, 9.17) is 11.5 Å². The van der Waals surface area contributed by atoms with Gasteiger partial charge in [0.25, 0.3) is 0 Å². The number of H-pyrrole nitrogens is 1. The molecule has 13 heteroatoms. The van der Waals surface area contributed by atoms with Gasteiger partial charge in [-0.25, -0.2) is 9.78 Å². The second kappa shape index (κ2) is 12.3. The van der Waals surface area contributed by atoms with Crippen molar-refractivity contribution in [3.63, 3.8) is 0 Å². The van der Waals surface area contributed by atoms with E-state index in [9.17, 15) is 29.1 Å². The van der Waals surface area contributed by atoms with Gasteiger partial charge >= 0.3 is 5.97 Å². The van der Waals surface area contributed by atoms with Crippen LogP contribution in [0.3, 0.4) is 0 Å². The monoisotopic (exact) mass is 439 g/mol. The molecular weight excluding hydrogens is 410 g/mol. The van der Waals surface area contributed by atoms with Crippen molar-refractivity contribution in [2.45, 2.75) is 51.2 Å². The lowest BCUT2D eigenvalue weighted by Gasteiger charge is -2.24. The first kappa shape index (κ1) is 25.6. The lowest BCUT2D eigenvalue weighted by Crippen LogP contribution is -2.57. The van der Waals surface area contributed by atoms with Crippen molar-refractivity contribution < 1.29 is 29.1 Å². The molecule has 0 aliphatic carbocycles. The summed E-state index contributed by atoms with van der Waals surface area (Å²) in [7, 11) is 0. The Hall–Kier alpha value is -3.48. The van der Waals surface area contributed by atoms with Gasteiger partial charge in [-0.05, 0) is 12.3 Å². The molecule has 31 heavy (non-hydrogen) atoms. The average Bonchev–Trinajstić information content (AvgIpc) is 3.18. The summed E-state index contributed by atoms with van der Waals surface area (Å²) >= 11 is 0. The summed E-state index contributed by atoms with van der Waals surface area (Å²) in [6.07, 6.45) is 2.43. The zero-order chi connectivity index (χ0) is 23.6. The minimum absolute atomic E-state index is 0.00752. The Labute approximate surface area is 178 Å². The van der Waals surface area contributed by atoms with Crippen molar-refractivity contribution >= 4 is 29.6 Å². The van der Waals surface area contributed by atoms with Crippen LogP contribution in [0.5, 0.6) is 0 Å². The highest BCUT2D eigenvalue weighted by molar-refractivity contribution is 5.95. The van der Waals surface area contributed by atoms with Crippen LogP contribution in [0, 0.1) is 5.92 Å². The number of primary amides is 1. The van der Waals surface area contributed by atoms with Crippen LogP contribution in [0.25, 0.3) is 0 Å². The van der Waals surface area contributed by atoms with Gasteiger partial charge in [-0.3, -0.25) is 19.2 Å². The number of imidazole rings is 1. The molecular formula is C18H29N7O6. The maximum Gasteiger partial charge on any atom is 0.326 e. The number of carboxylic acids is 1. The predicted molar refractivity (Wildman–Crippen MR) is 108 cm³/mol. The second-order valence-electron chi connectivity index (χ2n) is 7.37. The van der Waals surface area contributed by atoms with Gasteiger partial charge < -0.3 is 37.5 Å². The van der Waals surface area contributed by atoms with Gasteiger partial charge in [0.15, 0.2) is 0 Å². The molecule has 1 heterocycles. The van der Waals surface area contributed by atoms with E-state index < -0.39 is 54.1 Å². The number of aromatic nitrogens is 2. The molecule has 0 bridgehead atoms. The smallest absolute Gasteiger partial charge is 0.326 e. The number of hydrogen-bond donors (Lipinski definition) is 7. The normalized spacial score (nSPS) is 13.7. The van der Waals surface area contributed by atoms with Gasteiger partial charge in [0.05, 0.1) is 19.3 Å². The van der Waals surface area contributed by atoms with Crippen LogP contribution in [0.1, 0.15) is 32.4 Å². The Balaban J connectivity index is 2.98. The highest BCUT2D eigenvalue weighted by Gasteiger charge is 2.31. The summed E-state index contributed by atoms with van der Waals surface area (Å²) < 4.78 is 0. The predicted octanol–water partition coefficient (Wildman–Crippen LogP) is -2.63. The van der Waals surface area contributed by atoms with E-state index in [0.29, 0.717) is 5.69 Å². The highest BCUT2D eigenvalue weighted by Crippen LogP contribution is 2.07. The largest absolute Gasteiger partial charge is 0.480 e. The lowest BCUT2D eigenvalue weighted by molar-refractivity contribution is -0.143. The fourth-order valence-corrected chi connectivity index (χ4v) is 2.73. The van der Waals surface area contributed by atoms with E-state index in [1.54, 1.807) is 13.8 Å². The number of nitrogens with two attached hydrogens (primary N) is 2. The van der Waals surface area contributed by atoms with E-state index in [1.807, 2.05) is 0 Å². The Morgan fingerprint density at radius 1 is 1.06 bits per heavy atom. The molecule has 1 aromatic rings. The zero-order valence-electron chi connectivity index (χ0n) is 17.4. The third-order valence-corrected chi connectivity index (χ3v) is 4.18. The van der Waals surface area contributed by atoms with Crippen LogP contribution in [-0.2, 0) is 30.4 Å². The first-order valence-electron chi connectivity index (χ1n) is 9.62. The van der Waals surface area contributed by atoms with Crippen molar-refractivity contribution in [1.82, 2.24) is 25.9 Å². The van der Waals surface area contributed by atoms with Gasteiger partial charge in [0, 0.05) is 18.3 Å². The first-order valence-corrected chi connectivity index (χ1v) is 9.62. The van der Waals surface area contributed by atoms with Crippen LogP contribution >= 0.6 is 0 Å². The number of rotatable bonds is 13. The van der Waals surface area contributed by atoms with E-state index in [0.717, 1.165) is 0 Å². The number of nitrogens with one attached hydrogen (secondary N) is 4. The quantitative estimate of drug-likeness (QED) is 0.172. The standard InChI is InChI=1S/C18H29N7O6/c1-9(2)3-13(18(30)31)25-17(29)12(5-14(20)26)24-16(28)11(23-15(27)6-19)4-10-7-21-8-22-10/h7-9,11-13H,3-6,19H2,1-2H3,(H2,20,26)(H,21,22)(H,23,27)(H,24,28)(H,25,29)(H,30,31). The fourth-order valence-electron chi connectivity index (χ4n) is 2.73. The summed E-state index contributed by atoms with van der Waals surface area (Å²) in [5, 5.41) is 16.4. The van der Waals surface area contributed by atoms with Crippen LogP contribution in [0.4, 0.5) is 0 Å². The molecule has 0 aromatic carbocycles. The third kappa shape index (κ3) is 9.25. The first-order chi connectivity index (χ1) is 14.5. The van der Waals surface area contributed by atoms with Crippen LogP contribution in [-0.4, -0.2) is 69.3 Å². The number of hydrogen-bond acceptors (Lipinski definition) is 7. The summed E-state index contributed by atoms with van der Waals surface area (Å²) in [6.45, 7) is 3.20. The Morgan fingerprint density at radius 2 is 1.68 bits per heavy atom. The molecule has 172 valence electrons. The molecule has 4 amide bonds. The van der Waals surface area contributed by atoms with Crippen molar-refractivity contribution in [1.29, 1.82) is 0 Å². The maximum absolute atomic E-state index is 12.8. The van der Waals surface area contributed by atoms with E-state index in [1.165, 1.54) is 12.5 Å². The molecule has 0 radical (unpaired) electrons. The molecule has 0 saturated carbocycles. The molecule has 0 spiro atoms. The highest BCUT2D eigenvalue weighted by atomic mass is 16.4. The third-order valence-electron chi connectivity index (χ3n) is 4.18. The summed E-state index contributed by atoms with van der Waals surface area (Å²) in [5.74, 6) is -4.45. The summed E-state index contributed by atoms with van der Waals surface area (Å²) in [4.78, 5) is 66.5. The van der Waals surface area contributed by atoms with Crippen LogP contribution in [0.15, 0.2) is 12.5 Å². The zero-order valence-corrected chi connectivity index (χ0v) is 17.4. The van der Waals surface area contributed by atoms with Crippen LogP contribution in [0.2, 0.25) is 0 Å². The molecule has 1 rings (SSSR count). The summed E-state index contributed by atoms with van der Waals surface area (Å²) in [5.41, 5.74) is 11.0. The number of aromatic amines is 1. The molecule has 1 aromatic heterocycles. The molecule has 0 aliphatic rings. The molecule has 0 saturated heterocycles. The number of amides is 4.